The standard InChI is InChI=1S/C11H16N2O4/c1-11(2)10(15)12-3-4-13(11)9(14)8-7-16-5-6-17-8/h7H,3-6H2,1-2H3,(H,12,15). The van der Waals surface area contributed by atoms with Gasteiger partial charge in [0.2, 0.25) is 11.7 Å². The molecule has 6 nitrogen and oxygen atoms in total. The molecule has 0 aliphatic carbocycles. The number of carbonyl (C=O) groups is 2. The largest absolute Gasteiger partial charge is 0.494 e. The lowest BCUT2D eigenvalue weighted by molar-refractivity contribution is -0.149. The van der Waals surface area contributed by atoms with E-state index in [0.29, 0.717) is 26.3 Å². The Hall–Kier alpha value is -1.72. The van der Waals surface area contributed by atoms with Gasteiger partial charge in [0.15, 0.2) is 0 Å². The molecule has 1 saturated heterocycles. The van der Waals surface area contributed by atoms with Gasteiger partial charge >= 0.3 is 0 Å². The fraction of sp³-hybridized carbons (Fsp3) is 0.636. The summed E-state index contributed by atoms with van der Waals surface area (Å²) in [4.78, 5) is 25.4. The van der Waals surface area contributed by atoms with Crippen LogP contribution in [0, 0.1) is 0 Å². The highest BCUT2D eigenvalue weighted by Gasteiger charge is 2.42. The number of carbonyl (C=O) groups excluding carboxylic acids is 2. The Balaban J connectivity index is 2.18. The Labute approximate surface area is 99.5 Å². The van der Waals surface area contributed by atoms with E-state index in [-0.39, 0.29) is 17.6 Å². The van der Waals surface area contributed by atoms with E-state index < -0.39 is 5.54 Å². The van der Waals surface area contributed by atoms with Crippen LogP contribution in [0.15, 0.2) is 12.0 Å². The Morgan fingerprint density at radius 2 is 2.24 bits per heavy atom. The van der Waals surface area contributed by atoms with Gasteiger partial charge in [0.05, 0.1) is 0 Å². The maximum Gasteiger partial charge on any atom is 0.293 e. The lowest BCUT2D eigenvalue weighted by Crippen LogP contribution is -2.63. The van der Waals surface area contributed by atoms with Gasteiger partial charge in [0.25, 0.3) is 5.91 Å². The van der Waals surface area contributed by atoms with Crippen molar-refractivity contribution in [3.63, 3.8) is 0 Å². The van der Waals surface area contributed by atoms with Crippen molar-refractivity contribution in [1.29, 1.82) is 0 Å². The van der Waals surface area contributed by atoms with E-state index >= 15 is 0 Å². The molecule has 2 heterocycles. The molecule has 94 valence electrons. The molecule has 2 aliphatic rings. The summed E-state index contributed by atoms with van der Waals surface area (Å²) in [5, 5.41) is 2.74. The van der Waals surface area contributed by atoms with Gasteiger partial charge in [0.1, 0.15) is 25.0 Å². The summed E-state index contributed by atoms with van der Waals surface area (Å²) in [7, 11) is 0. The minimum Gasteiger partial charge on any atom is -0.494 e. The third kappa shape index (κ3) is 2.07. The molecule has 0 unspecified atom stereocenters. The maximum atomic E-state index is 12.2. The molecule has 0 aromatic carbocycles. The summed E-state index contributed by atoms with van der Waals surface area (Å²) in [5.74, 6) is -0.294. The predicted octanol–water partition coefficient (Wildman–Crippen LogP) is -0.388. The Bertz CT molecular complexity index is 376. The summed E-state index contributed by atoms with van der Waals surface area (Å²) < 4.78 is 10.3. The molecule has 2 amide bonds. The molecule has 0 saturated carbocycles. The second kappa shape index (κ2) is 4.27. The predicted molar refractivity (Wildman–Crippen MR) is 58.8 cm³/mol. The SMILES string of the molecule is CC1(C)C(=O)NCCN1C(=O)C1=COCCO1. The van der Waals surface area contributed by atoms with Crippen LogP contribution in [0.5, 0.6) is 0 Å². The normalized spacial score (nSPS) is 23.1. The summed E-state index contributed by atoms with van der Waals surface area (Å²) in [6.07, 6.45) is 1.31. The number of amides is 2. The molecule has 2 aliphatic heterocycles. The van der Waals surface area contributed by atoms with Crippen molar-refractivity contribution in [2.75, 3.05) is 26.3 Å². The molecular formula is C11H16N2O4. The molecular weight excluding hydrogens is 224 g/mol. The minimum absolute atomic E-state index is 0.158. The van der Waals surface area contributed by atoms with Crippen LogP contribution in [0.1, 0.15) is 13.8 Å². The molecule has 0 aromatic heterocycles. The fourth-order valence-electron chi connectivity index (χ4n) is 1.87. The molecule has 6 heteroatoms. The van der Waals surface area contributed by atoms with Gasteiger partial charge in [-0.1, -0.05) is 0 Å². The first-order chi connectivity index (χ1) is 8.03. The molecule has 0 radical (unpaired) electrons. The van der Waals surface area contributed by atoms with Gasteiger partial charge < -0.3 is 19.7 Å². The minimum atomic E-state index is -0.864. The number of nitrogens with zero attached hydrogens (tertiary/aromatic N) is 1. The first-order valence-electron chi connectivity index (χ1n) is 5.58. The van der Waals surface area contributed by atoms with E-state index in [9.17, 15) is 9.59 Å². The van der Waals surface area contributed by atoms with Crippen molar-refractivity contribution in [1.82, 2.24) is 10.2 Å². The van der Waals surface area contributed by atoms with Gasteiger partial charge in [-0.15, -0.1) is 0 Å². The quantitative estimate of drug-likeness (QED) is 0.678. The molecule has 1 fully saturated rings. The fourth-order valence-corrected chi connectivity index (χ4v) is 1.87. The van der Waals surface area contributed by atoms with Crippen molar-refractivity contribution in [2.45, 2.75) is 19.4 Å². The first-order valence-corrected chi connectivity index (χ1v) is 5.58. The van der Waals surface area contributed by atoms with Crippen LogP contribution in [0.4, 0.5) is 0 Å². The summed E-state index contributed by atoms with van der Waals surface area (Å²) in [6, 6.07) is 0. The van der Waals surface area contributed by atoms with Crippen LogP contribution in [0.2, 0.25) is 0 Å². The highest BCUT2D eigenvalue weighted by Crippen LogP contribution is 2.21. The van der Waals surface area contributed by atoms with Crippen molar-refractivity contribution in [3.05, 3.63) is 12.0 Å². The van der Waals surface area contributed by atoms with Gasteiger partial charge in [0, 0.05) is 13.1 Å². The highest BCUT2D eigenvalue weighted by molar-refractivity contribution is 5.97. The number of rotatable bonds is 1. The van der Waals surface area contributed by atoms with Gasteiger partial charge in [-0.05, 0) is 13.8 Å². The zero-order valence-electron chi connectivity index (χ0n) is 9.99. The van der Waals surface area contributed by atoms with E-state index in [0.717, 1.165) is 0 Å². The van der Waals surface area contributed by atoms with Crippen molar-refractivity contribution >= 4 is 11.8 Å². The van der Waals surface area contributed by atoms with Crippen molar-refractivity contribution < 1.29 is 19.1 Å². The lowest BCUT2D eigenvalue weighted by Gasteiger charge is -2.41. The Morgan fingerprint density at radius 3 is 2.88 bits per heavy atom. The molecule has 17 heavy (non-hydrogen) atoms. The van der Waals surface area contributed by atoms with Gasteiger partial charge in [-0.25, -0.2) is 0 Å². The first kappa shape index (κ1) is 11.8. The topological polar surface area (TPSA) is 67.9 Å². The van der Waals surface area contributed by atoms with Crippen LogP contribution in [-0.2, 0) is 19.1 Å². The monoisotopic (exact) mass is 240 g/mol. The number of hydrogen-bond acceptors (Lipinski definition) is 4. The molecule has 0 aromatic rings. The second-order valence-corrected chi connectivity index (χ2v) is 4.47. The number of ether oxygens (including phenoxy) is 2. The summed E-state index contributed by atoms with van der Waals surface area (Å²) >= 11 is 0. The number of hydrogen-bond donors (Lipinski definition) is 1. The number of piperazine rings is 1. The number of nitrogens with one attached hydrogen (secondary N) is 1. The third-order valence-electron chi connectivity index (χ3n) is 2.96. The Kier molecular flexibility index (Phi) is 2.95. The van der Waals surface area contributed by atoms with Crippen LogP contribution < -0.4 is 5.32 Å². The lowest BCUT2D eigenvalue weighted by atomic mass is 9.98. The van der Waals surface area contributed by atoms with Crippen LogP contribution in [-0.4, -0.2) is 48.6 Å². The van der Waals surface area contributed by atoms with Crippen molar-refractivity contribution in [3.8, 4) is 0 Å². The van der Waals surface area contributed by atoms with Crippen LogP contribution in [0.25, 0.3) is 0 Å². The average Bonchev–Trinajstić information content (AvgIpc) is 2.33. The van der Waals surface area contributed by atoms with E-state index in [1.54, 1.807) is 13.8 Å². The molecule has 2 rings (SSSR count). The molecule has 0 bridgehead atoms. The highest BCUT2D eigenvalue weighted by atomic mass is 16.6. The van der Waals surface area contributed by atoms with E-state index in [1.807, 2.05) is 0 Å². The van der Waals surface area contributed by atoms with E-state index in [2.05, 4.69) is 5.32 Å². The molecule has 1 N–H and O–H groups in total. The van der Waals surface area contributed by atoms with Crippen LogP contribution >= 0.6 is 0 Å². The molecule has 0 atom stereocenters. The Morgan fingerprint density at radius 1 is 1.47 bits per heavy atom. The zero-order valence-corrected chi connectivity index (χ0v) is 9.99. The zero-order chi connectivity index (χ0) is 12.5. The molecule has 0 spiro atoms. The second-order valence-electron chi connectivity index (χ2n) is 4.47. The van der Waals surface area contributed by atoms with Gasteiger partial charge in [-0.2, -0.15) is 0 Å². The summed E-state index contributed by atoms with van der Waals surface area (Å²) in [5.41, 5.74) is -0.864. The smallest absolute Gasteiger partial charge is 0.293 e. The van der Waals surface area contributed by atoms with Gasteiger partial charge in [-0.3, -0.25) is 9.59 Å². The van der Waals surface area contributed by atoms with Crippen molar-refractivity contribution in [2.24, 2.45) is 0 Å². The third-order valence-corrected chi connectivity index (χ3v) is 2.96. The van der Waals surface area contributed by atoms with Crippen LogP contribution in [0.3, 0.4) is 0 Å². The average molecular weight is 240 g/mol. The maximum absolute atomic E-state index is 12.2. The summed E-state index contributed by atoms with van der Waals surface area (Å²) in [6.45, 7) is 5.16. The van der Waals surface area contributed by atoms with E-state index in [1.165, 1.54) is 11.2 Å². The van der Waals surface area contributed by atoms with E-state index in [4.69, 9.17) is 9.47 Å².